The Balaban J connectivity index is 1.83. The molecule has 20 heavy (non-hydrogen) atoms. The summed E-state index contributed by atoms with van der Waals surface area (Å²) in [5.74, 6) is 0.887. The molecule has 0 fully saturated rings. The minimum absolute atomic E-state index is 0.0759. The predicted octanol–water partition coefficient (Wildman–Crippen LogP) is 3.16. The highest BCUT2D eigenvalue weighted by Gasteiger charge is 2.24. The molecule has 2 aromatic rings. The van der Waals surface area contributed by atoms with Gasteiger partial charge in [-0.05, 0) is 41.8 Å². The van der Waals surface area contributed by atoms with Crippen LogP contribution in [0.25, 0.3) is 0 Å². The van der Waals surface area contributed by atoms with Crippen molar-refractivity contribution >= 4 is 5.91 Å². The molecule has 3 nitrogen and oxygen atoms in total. The highest BCUT2D eigenvalue weighted by atomic mass is 16.5. The molecule has 0 radical (unpaired) electrons. The first-order chi connectivity index (χ1) is 9.69. The van der Waals surface area contributed by atoms with E-state index in [0.29, 0.717) is 13.1 Å². The number of aryl methyl sites for hydroxylation is 1. The van der Waals surface area contributed by atoms with E-state index in [-0.39, 0.29) is 5.91 Å². The second-order valence-corrected chi connectivity index (χ2v) is 5.11. The van der Waals surface area contributed by atoms with Gasteiger partial charge < -0.3 is 9.64 Å². The Kier molecular flexibility index (Phi) is 3.18. The van der Waals surface area contributed by atoms with Gasteiger partial charge in [-0.15, -0.1) is 0 Å². The number of carbonyl (C=O) groups is 1. The Morgan fingerprint density at radius 3 is 2.30 bits per heavy atom. The zero-order chi connectivity index (χ0) is 14.1. The quantitative estimate of drug-likeness (QED) is 0.836. The Hall–Kier alpha value is -2.29. The third kappa shape index (κ3) is 2.16. The van der Waals surface area contributed by atoms with Crippen molar-refractivity contribution in [2.75, 3.05) is 7.11 Å². The van der Waals surface area contributed by atoms with E-state index in [1.165, 1.54) is 11.1 Å². The summed E-state index contributed by atoms with van der Waals surface area (Å²) in [6.07, 6.45) is 0. The van der Waals surface area contributed by atoms with Crippen molar-refractivity contribution in [2.45, 2.75) is 20.0 Å². The second-order valence-electron chi connectivity index (χ2n) is 5.11. The third-order valence-corrected chi connectivity index (χ3v) is 3.77. The predicted molar refractivity (Wildman–Crippen MR) is 77.8 cm³/mol. The van der Waals surface area contributed by atoms with Crippen LogP contribution >= 0.6 is 0 Å². The molecule has 0 aliphatic carbocycles. The van der Waals surface area contributed by atoms with Crippen LogP contribution in [0.1, 0.15) is 27.0 Å². The van der Waals surface area contributed by atoms with Crippen LogP contribution in [0.15, 0.2) is 42.5 Å². The maximum atomic E-state index is 12.6. The van der Waals surface area contributed by atoms with Gasteiger partial charge in [0.25, 0.3) is 5.91 Å². The van der Waals surface area contributed by atoms with Gasteiger partial charge in [-0.1, -0.05) is 24.3 Å². The van der Waals surface area contributed by atoms with Crippen LogP contribution in [0, 0.1) is 6.92 Å². The minimum Gasteiger partial charge on any atom is -0.496 e. The van der Waals surface area contributed by atoms with Gasteiger partial charge in [0, 0.05) is 18.7 Å². The zero-order valence-electron chi connectivity index (χ0n) is 11.7. The molecule has 0 saturated heterocycles. The molecule has 1 heterocycles. The molecule has 0 atom stereocenters. The monoisotopic (exact) mass is 267 g/mol. The highest BCUT2D eigenvalue weighted by molar-refractivity contribution is 5.95. The van der Waals surface area contributed by atoms with Crippen molar-refractivity contribution in [3.8, 4) is 5.75 Å². The number of nitrogens with zero attached hydrogens (tertiary/aromatic N) is 1. The van der Waals surface area contributed by atoms with Crippen LogP contribution in [0.2, 0.25) is 0 Å². The number of methoxy groups -OCH3 is 1. The molecule has 1 amide bonds. The van der Waals surface area contributed by atoms with Gasteiger partial charge in [0.05, 0.1) is 7.11 Å². The van der Waals surface area contributed by atoms with Crippen molar-refractivity contribution in [1.82, 2.24) is 4.90 Å². The van der Waals surface area contributed by atoms with E-state index in [2.05, 4.69) is 12.1 Å². The van der Waals surface area contributed by atoms with Crippen molar-refractivity contribution in [3.63, 3.8) is 0 Å². The molecule has 0 saturated carbocycles. The molecule has 3 heteroatoms. The number of ether oxygens (including phenoxy) is 1. The SMILES string of the molecule is COc1ccc(C(=O)N2Cc3ccccc3C2)cc1C. The summed E-state index contributed by atoms with van der Waals surface area (Å²) in [6, 6.07) is 13.8. The van der Waals surface area contributed by atoms with Crippen molar-refractivity contribution in [2.24, 2.45) is 0 Å². The maximum Gasteiger partial charge on any atom is 0.254 e. The van der Waals surface area contributed by atoms with Gasteiger partial charge in [0.1, 0.15) is 5.75 Å². The maximum absolute atomic E-state index is 12.6. The first-order valence-corrected chi connectivity index (χ1v) is 6.70. The van der Waals surface area contributed by atoms with Crippen molar-refractivity contribution in [1.29, 1.82) is 0 Å². The number of hydrogen-bond donors (Lipinski definition) is 0. The van der Waals surface area contributed by atoms with Crippen LogP contribution in [-0.2, 0) is 13.1 Å². The molecule has 1 aliphatic rings. The standard InChI is InChI=1S/C17H17NO2/c1-12-9-13(7-8-16(12)20-2)17(19)18-10-14-5-3-4-6-15(14)11-18/h3-9H,10-11H2,1-2H3. The largest absolute Gasteiger partial charge is 0.496 e. The molecule has 3 rings (SSSR count). The lowest BCUT2D eigenvalue weighted by Gasteiger charge is -2.16. The molecule has 0 aromatic heterocycles. The fourth-order valence-corrected chi connectivity index (χ4v) is 2.67. The first kappa shape index (κ1) is 12.7. The summed E-state index contributed by atoms with van der Waals surface area (Å²) in [7, 11) is 1.64. The van der Waals surface area contributed by atoms with Crippen LogP contribution in [-0.4, -0.2) is 17.9 Å². The summed E-state index contributed by atoms with van der Waals surface area (Å²) in [5, 5.41) is 0. The summed E-state index contributed by atoms with van der Waals surface area (Å²) < 4.78 is 5.23. The Morgan fingerprint density at radius 2 is 1.75 bits per heavy atom. The fraction of sp³-hybridized carbons (Fsp3) is 0.235. The topological polar surface area (TPSA) is 29.5 Å². The molecule has 0 spiro atoms. The summed E-state index contributed by atoms with van der Waals surface area (Å²) in [4.78, 5) is 14.4. The van der Waals surface area contributed by atoms with Crippen molar-refractivity contribution in [3.05, 3.63) is 64.7 Å². The highest BCUT2D eigenvalue weighted by Crippen LogP contribution is 2.25. The number of fused-ring (bicyclic) bond motifs is 1. The molecule has 1 aliphatic heterocycles. The average molecular weight is 267 g/mol. The van der Waals surface area contributed by atoms with E-state index in [1.807, 2.05) is 42.2 Å². The van der Waals surface area contributed by atoms with Crippen LogP contribution < -0.4 is 4.74 Å². The van der Waals surface area contributed by atoms with Gasteiger partial charge in [0.15, 0.2) is 0 Å². The number of carbonyl (C=O) groups excluding carboxylic acids is 1. The van der Waals surface area contributed by atoms with Crippen LogP contribution in [0.5, 0.6) is 5.75 Å². The Bertz CT molecular complexity index is 639. The van der Waals surface area contributed by atoms with Gasteiger partial charge in [-0.2, -0.15) is 0 Å². The number of hydrogen-bond acceptors (Lipinski definition) is 2. The lowest BCUT2D eigenvalue weighted by Crippen LogP contribution is -2.25. The fourth-order valence-electron chi connectivity index (χ4n) is 2.67. The van der Waals surface area contributed by atoms with E-state index in [1.54, 1.807) is 7.11 Å². The molecular weight excluding hydrogens is 250 g/mol. The smallest absolute Gasteiger partial charge is 0.254 e. The summed E-state index contributed by atoms with van der Waals surface area (Å²) in [6.45, 7) is 3.34. The lowest BCUT2D eigenvalue weighted by molar-refractivity contribution is 0.0751. The molecule has 0 bridgehead atoms. The number of rotatable bonds is 2. The van der Waals surface area contributed by atoms with E-state index in [0.717, 1.165) is 16.9 Å². The normalized spacial score (nSPS) is 13.2. The average Bonchev–Trinajstić information content (AvgIpc) is 2.90. The molecule has 2 aromatic carbocycles. The molecule has 0 unspecified atom stereocenters. The first-order valence-electron chi connectivity index (χ1n) is 6.70. The van der Waals surface area contributed by atoms with Crippen molar-refractivity contribution < 1.29 is 9.53 Å². The van der Waals surface area contributed by atoms with Gasteiger partial charge >= 0.3 is 0 Å². The van der Waals surface area contributed by atoms with Gasteiger partial charge in [-0.25, -0.2) is 0 Å². The summed E-state index contributed by atoms with van der Waals surface area (Å²) in [5.41, 5.74) is 4.18. The number of amides is 1. The Labute approximate surface area is 118 Å². The third-order valence-electron chi connectivity index (χ3n) is 3.77. The van der Waals surface area contributed by atoms with E-state index < -0.39 is 0 Å². The van der Waals surface area contributed by atoms with E-state index in [9.17, 15) is 4.79 Å². The van der Waals surface area contributed by atoms with Gasteiger partial charge in [0.2, 0.25) is 0 Å². The lowest BCUT2D eigenvalue weighted by atomic mass is 10.1. The summed E-state index contributed by atoms with van der Waals surface area (Å²) >= 11 is 0. The molecule has 0 N–H and O–H groups in total. The Morgan fingerprint density at radius 1 is 1.10 bits per heavy atom. The minimum atomic E-state index is 0.0759. The molecule has 102 valence electrons. The van der Waals surface area contributed by atoms with Crippen LogP contribution in [0.3, 0.4) is 0 Å². The second kappa shape index (κ2) is 5.00. The van der Waals surface area contributed by atoms with E-state index >= 15 is 0 Å². The molecular formula is C17H17NO2. The number of benzene rings is 2. The van der Waals surface area contributed by atoms with Crippen LogP contribution in [0.4, 0.5) is 0 Å². The zero-order valence-corrected chi connectivity index (χ0v) is 11.7. The van der Waals surface area contributed by atoms with Gasteiger partial charge in [-0.3, -0.25) is 4.79 Å². The van der Waals surface area contributed by atoms with E-state index in [4.69, 9.17) is 4.74 Å².